The van der Waals surface area contributed by atoms with Gasteiger partial charge in [-0.3, -0.25) is 4.79 Å². The van der Waals surface area contributed by atoms with Crippen LogP contribution >= 0.6 is 0 Å². The molecule has 112 valence electrons. The number of carbonyl (C=O) groups is 1. The van der Waals surface area contributed by atoms with Gasteiger partial charge >= 0.3 is 0 Å². The molecule has 1 aliphatic rings. The number of carbonyl (C=O) groups excluding carboxylic acids is 1. The van der Waals surface area contributed by atoms with Crippen LogP contribution in [0.25, 0.3) is 0 Å². The number of nitrogens with two attached hydrogens (primary N) is 1. The van der Waals surface area contributed by atoms with E-state index in [9.17, 15) is 4.79 Å². The van der Waals surface area contributed by atoms with Crippen molar-refractivity contribution < 1.29 is 9.53 Å². The van der Waals surface area contributed by atoms with Crippen LogP contribution in [0.5, 0.6) is 0 Å². The Morgan fingerprint density at radius 3 is 2.32 bits per heavy atom. The molecular weight excluding hydrogens is 240 g/mol. The van der Waals surface area contributed by atoms with E-state index in [1.807, 2.05) is 27.7 Å². The predicted octanol–water partition coefficient (Wildman–Crippen LogP) is 2.22. The highest BCUT2D eigenvalue weighted by Crippen LogP contribution is 2.28. The average Bonchev–Trinajstić information content (AvgIpc) is 2.34. The normalized spacial score (nSPS) is 18.4. The van der Waals surface area contributed by atoms with E-state index in [0.717, 1.165) is 12.8 Å². The van der Waals surface area contributed by atoms with Crippen LogP contribution in [0.15, 0.2) is 0 Å². The molecule has 1 fully saturated rings. The summed E-state index contributed by atoms with van der Waals surface area (Å²) in [4.78, 5) is 12.1. The van der Waals surface area contributed by atoms with Crippen molar-refractivity contribution in [3.63, 3.8) is 0 Å². The molecule has 0 atom stereocenters. The van der Waals surface area contributed by atoms with Crippen molar-refractivity contribution in [3.8, 4) is 0 Å². The van der Waals surface area contributed by atoms with E-state index < -0.39 is 11.0 Å². The predicted molar refractivity (Wildman–Crippen MR) is 77.9 cm³/mol. The number of hydrogen-bond donors (Lipinski definition) is 2. The van der Waals surface area contributed by atoms with Crippen LogP contribution in [-0.4, -0.2) is 30.7 Å². The Balaban J connectivity index is 2.23. The molecule has 0 aromatic carbocycles. The minimum Gasteiger partial charge on any atom is -0.376 e. The third kappa shape index (κ3) is 4.77. The zero-order chi connectivity index (χ0) is 14.5. The molecule has 1 rings (SSSR count). The molecule has 0 unspecified atom stereocenters. The summed E-state index contributed by atoms with van der Waals surface area (Å²) in [6, 6.07) is 0. The monoisotopic (exact) mass is 270 g/mol. The molecule has 0 spiro atoms. The molecule has 19 heavy (non-hydrogen) atoms. The van der Waals surface area contributed by atoms with Gasteiger partial charge in [0.15, 0.2) is 0 Å². The van der Waals surface area contributed by atoms with E-state index in [0.29, 0.717) is 19.3 Å². The van der Waals surface area contributed by atoms with Crippen LogP contribution in [0, 0.1) is 5.41 Å². The summed E-state index contributed by atoms with van der Waals surface area (Å²) in [5, 5.41) is 2.93. The maximum absolute atomic E-state index is 12.1. The summed E-state index contributed by atoms with van der Waals surface area (Å²) in [6.07, 6.45) is 6.59. The number of rotatable bonds is 6. The molecule has 4 nitrogen and oxygen atoms in total. The Kier molecular flexibility index (Phi) is 5.81. The highest BCUT2D eigenvalue weighted by Gasteiger charge is 2.40. The minimum atomic E-state index is -0.585. The second-order valence-corrected chi connectivity index (χ2v) is 6.73. The third-order valence-electron chi connectivity index (χ3n) is 4.47. The Morgan fingerprint density at radius 1 is 1.21 bits per heavy atom. The van der Waals surface area contributed by atoms with Gasteiger partial charge in [0.25, 0.3) is 0 Å². The second-order valence-electron chi connectivity index (χ2n) is 6.73. The third-order valence-corrected chi connectivity index (χ3v) is 4.47. The van der Waals surface area contributed by atoms with Gasteiger partial charge in [0.05, 0.1) is 18.1 Å². The van der Waals surface area contributed by atoms with Gasteiger partial charge < -0.3 is 15.8 Å². The van der Waals surface area contributed by atoms with E-state index in [1.54, 1.807) is 0 Å². The Hall–Kier alpha value is -0.610. The van der Waals surface area contributed by atoms with Crippen LogP contribution in [0.3, 0.4) is 0 Å². The van der Waals surface area contributed by atoms with Gasteiger partial charge in [0.1, 0.15) is 0 Å². The van der Waals surface area contributed by atoms with Gasteiger partial charge in [-0.1, -0.05) is 19.3 Å². The molecule has 0 aromatic rings. The smallest absolute Gasteiger partial charge is 0.227 e. The molecule has 3 N–H and O–H groups in total. The fourth-order valence-electron chi connectivity index (χ4n) is 2.14. The highest BCUT2D eigenvalue weighted by atomic mass is 16.5. The Labute approximate surface area is 117 Å². The summed E-state index contributed by atoms with van der Waals surface area (Å²) in [5.41, 5.74) is 4.92. The maximum atomic E-state index is 12.1. The van der Waals surface area contributed by atoms with Gasteiger partial charge in [-0.2, -0.15) is 0 Å². The fraction of sp³-hybridized carbons (Fsp3) is 0.933. The molecule has 0 radical (unpaired) electrons. The van der Waals surface area contributed by atoms with Gasteiger partial charge in [-0.15, -0.1) is 0 Å². The van der Waals surface area contributed by atoms with Crippen LogP contribution in [-0.2, 0) is 9.53 Å². The molecule has 0 bridgehead atoms. The van der Waals surface area contributed by atoms with Gasteiger partial charge in [-0.05, 0) is 40.5 Å². The SMILES string of the molecule is CC(C)(N)C(C)(C)C(=O)NCCOC1CCCCC1. The van der Waals surface area contributed by atoms with Gasteiger partial charge in [0, 0.05) is 12.1 Å². The number of hydrogen-bond acceptors (Lipinski definition) is 3. The summed E-state index contributed by atoms with van der Waals surface area (Å²) in [7, 11) is 0. The number of nitrogens with one attached hydrogen (secondary N) is 1. The Bertz CT molecular complexity index is 289. The first-order chi connectivity index (χ1) is 8.75. The molecule has 1 saturated carbocycles. The van der Waals surface area contributed by atoms with Crippen LogP contribution in [0.4, 0.5) is 0 Å². The summed E-state index contributed by atoms with van der Waals surface area (Å²) in [5.74, 6) is -0.00718. The lowest BCUT2D eigenvalue weighted by molar-refractivity contribution is -0.132. The largest absolute Gasteiger partial charge is 0.376 e. The zero-order valence-electron chi connectivity index (χ0n) is 12.9. The standard InChI is InChI=1S/C15H30N2O2/c1-14(2,15(3,4)16)13(18)17-10-11-19-12-8-6-5-7-9-12/h12H,5-11,16H2,1-4H3,(H,17,18). The van der Waals surface area contributed by atoms with E-state index >= 15 is 0 Å². The van der Waals surface area contributed by atoms with Crippen LogP contribution < -0.4 is 11.1 Å². The quantitative estimate of drug-likeness (QED) is 0.727. The second kappa shape index (κ2) is 6.71. The first kappa shape index (κ1) is 16.4. The van der Waals surface area contributed by atoms with Crippen molar-refractivity contribution in [2.24, 2.45) is 11.1 Å². The molecule has 0 aliphatic heterocycles. The maximum Gasteiger partial charge on any atom is 0.227 e. The first-order valence-corrected chi connectivity index (χ1v) is 7.44. The van der Waals surface area contributed by atoms with Gasteiger partial charge in [-0.25, -0.2) is 0 Å². The Morgan fingerprint density at radius 2 is 1.79 bits per heavy atom. The molecular formula is C15H30N2O2. The van der Waals surface area contributed by atoms with Crippen LogP contribution in [0.1, 0.15) is 59.8 Å². The zero-order valence-corrected chi connectivity index (χ0v) is 12.9. The van der Waals surface area contributed by atoms with E-state index in [2.05, 4.69) is 5.32 Å². The van der Waals surface area contributed by atoms with E-state index in [4.69, 9.17) is 10.5 Å². The average molecular weight is 270 g/mol. The summed E-state index contributed by atoms with van der Waals surface area (Å²) in [6.45, 7) is 8.68. The van der Waals surface area contributed by atoms with E-state index in [1.165, 1.54) is 19.3 Å². The van der Waals surface area contributed by atoms with Gasteiger partial charge in [0.2, 0.25) is 5.91 Å². The molecule has 0 heterocycles. The van der Waals surface area contributed by atoms with Crippen LogP contribution in [0.2, 0.25) is 0 Å². The molecule has 1 aliphatic carbocycles. The van der Waals surface area contributed by atoms with Crippen molar-refractivity contribution in [2.45, 2.75) is 71.4 Å². The van der Waals surface area contributed by atoms with Crippen molar-refractivity contribution in [1.82, 2.24) is 5.32 Å². The fourth-order valence-corrected chi connectivity index (χ4v) is 2.14. The van der Waals surface area contributed by atoms with Crippen molar-refractivity contribution >= 4 is 5.91 Å². The summed E-state index contributed by atoms with van der Waals surface area (Å²) < 4.78 is 5.79. The van der Waals surface area contributed by atoms with E-state index in [-0.39, 0.29) is 5.91 Å². The molecule has 1 amide bonds. The lowest BCUT2D eigenvalue weighted by Crippen LogP contribution is -2.55. The van der Waals surface area contributed by atoms with Crippen molar-refractivity contribution in [2.75, 3.05) is 13.2 Å². The minimum absolute atomic E-state index is 0.00718. The molecule has 0 saturated heterocycles. The topological polar surface area (TPSA) is 64.4 Å². The number of amides is 1. The molecule has 0 aromatic heterocycles. The lowest BCUT2D eigenvalue weighted by Gasteiger charge is -2.36. The number of ether oxygens (including phenoxy) is 1. The lowest BCUT2D eigenvalue weighted by atomic mass is 9.74. The summed E-state index contributed by atoms with van der Waals surface area (Å²) >= 11 is 0. The van der Waals surface area contributed by atoms with Crippen molar-refractivity contribution in [1.29, 1.82) is 0 Å². The molecule has 4 heteroatoms. The first-order valence-electron chi connectivity index (χ1n) is 7.44. The highest BCUT2D eigenvalue weighted by molar-refractivity contribution is 5.83. The van der Waals surface area contributed by atoms with Crippen molar-refractivity contribution in [3.05, 3.63) is 0 Å².